The lowest BCUT2D eigenvalue weighted by Crippen LogP contribution is -2.38. The molecule has 6 heteroatoms. The fraction of sp³-hybridized carbons (Fsp3) is 0.381. The number of amides is 3. The number of rotatable bonds is 4. The van der Waals surface area contributed by atoms with Crippen LogP contribution >= 0.6 is 0 Å². The number of carbonyl (C=O) groups excluding carboxylic acids is 3. The summed E-state index contributed by atoms with van der Waals surface area (Å²) < 4.78 is 0. The molecule has 2 aromatic rings. The van der Waals surface area contributed by atoms with E-state index in [0.29, 0.717) is 38.3 Å². The fourth-order valence-electron chi connectivity index (χ4n) is 3.36. The van der Waals surface area contributed by atoms with E-state index in [9.17, 15) is 14.4 Å². The van der Waals surface area contributed by atoms with Crippen molar-refractivity contribution in [3.63, 3.8) is 0 Å². The summed E-state index contributed by atoms with van der Waals surface area (Å²) in [5, 5.41) is 4.93. The molecule has 1 saturated heterocycles. The summed E-state index contributed by atoms with van der Waals surface area (Å²) in [5.41, 5.74) is 0.591. The fourth-order valence-corrected chi connectivity index (χ4v) is 3.36. The molecule has 1 aliphatic heterocycles. The van der Waals surface area contributed by atoms with E-state index < -0.39 is 0 Å². The Kier molecular flexibility index (Phi) is 6.06. The van der Waals surface area contributed by atoms with Crippen LogP contribution in [0.15, 0.2) is 42.5 Å². The predicted octanol–water partition coefficient (Wildman–Crippen LogP) is 2.04. The topological polar surface area (TPSA) is 69.7 Å². The van der Waals surface area contributed by atoms with E-state index in [0.717, 1.165) is 17.2 Å². The number of benzene rings is 2. The van der Waals surface area contributed by atoms with Gasteiger partial charge >= 0.3 is 0 Å². The number of hydrogen-bond donors (Lipinski definition) is 1. The highest BCUT2D eigenvalue weighted by molar-refractivity contribution is 5.98. The first-order valence-corrected chi connectivity index (χ1v) is 9.35. The zero-order valence-corrected chi connectivity index (χ0v) is 15.6. The average molecular weight is 367 g/mol. The molecule has 0 spiro atoms. The molecule has 0 unspecified atom stereocenters. The van der Waals surface area contributed by atoms with Gasteiger partial charge in [0, 0.05) is 51.6 Å². The molecule has 0 aliphatic carbocycles. The molecule has 3 amide bonds. The predicted molar refractivity (Wildman–Crippen MR) is 104 cm³/mol. The standard InChI is InChI=1S/C21H25N3O3/c1-16(25)23-11-4-12-24(14-13-23)20(26)9-10-22-21(27)19-8-7-17-5-2-3-6-18(17)15-19/h2-3,5-8,15H,4,9-14H2,1H3,(H,22,27). The zero-order valence-electron chi connectivity index (χ0n) is 15.6. The van der Waals surface area contributed by atoms with Crippen LogP contribution in [0.5, 0.6) is 0 Å². The van der Waals surface area contributed by atoms with Crippen LogP contribution in [0, 0.1) is 0 Å². The van der Waals surface area contributed by atoms with Gasteiger partial charge in [-0.05, 0) is 29.3 Å². The Morgan fingerprint density at radius 3 is 2.41 bits per heavy atom. The molecule has 0 saturated carbocycles. The SMILES string of the molecule is CC(=O)N1CCCN(C(=O)CCNC(=O)c2ccc3ccccc3c2)CC1. The second kappa shape index (κ2) is 8.66. The third-order valence-corrected chi connectivity index (χ3v) is 4.93. The summed E-state index contributed by atoms with van der Waals surface area (Å²) in [7, 11) is 0. The van der Waals surface area contributed by atoms with Gasteiger partial charge in [-0.25, -0.2) is 0 Å². The van der Waals surface area contributed by atoms with Crippen LogP contribution in [0.4, 0.5) is 0 Å². The van der Waals surface area contributed by atoms with Gasteiger partial charge < -0.3 is 15.1 Å². The van der Waals surface area contributed by atoms with Gasteiger partial charge in [-0.2, -0.15) is 0 Å². The zero-order chi connectivity index (χ0) is 19.2. The number of carbonyl (C=O) groups is 3. The van der Waals surface area contributed by atoms with Crippen molar-refractivity contribution >= 4 is 28.5 Å². The molecular weight excluding hydrogens is 342 g/mol. The van der Waals surface area contributed by atoms with Gasteiger partial charge in [0.1, 0.15) is 0 Å². The minimum atomic E-state index is -0.174. The Labute approximate surface area is 159 Å². The lowest BCUT2D eigenvalue weighted by molar-refractivity contribution is -0.132. The molecule has 1 N–H and O–H groups in total. The monoisotopic (exact) mass is 367 g/mol. The summed E-state index contributed by atoms with van der Waals surface area (Å²) in [6.45, 7) is 4.33. The molecule has 1 fully saturated rings. The van der Waals surface area contributed by atoms with Crippen molar-refractivity contribution in [2.24, 2.45) is 0 Å². The molecule has 0 aromatic heterocycles. The van der Waals surface area contributed by atoms with E-state index >= 15 is 0 Å². The van der Waals surface area contributed by atoms with Crippen molar-refractivity contribution in [3.8, 4) is 0 Å². The van der Waals surface area contributed by atoms with Gasteiger partial charge in [-0.3, -0.25) is 14.4 Å². The number of fused-ring (bicyclic) bond motifs is 1. The van der Waals surface area contributed by atoms with Crippen molar-refractivity contribution in [2.75, 3.05) is 32.7 Å². The van der Waals surface area contributed by atoms with Crippen LogP contribution < -0.4 is 5.32 Å². The minimum Gasteiger partial charge on any atom is -0.352 e. The Morgan fingerprint density at radius 1 is 0.926 bits per heavy atom. The Hall–Kier alpha value is -2.89. The third kappa shape index (κ3) is 4.84. The quantitative estimate of drug-likeness (QED) is 0.899. The van der Waals surface area contributed by atoms with E-state index in [2.05, 4.69) is 5.32 Å². The maximum atomic E-state index is 12.4. The molecule has 2 aromatic carbocycles. The van der Waals surface area contributed by atoms with Gasteiger partial charge in [-0.1, -0.05) is 30.3 Å². The van der Waals surface area contributed by atoms with Crippen molar-refractivity contribution in [3.05, 3.63) is 48.0 Å². The first-order chi connectivity index (χ1) is 13.0. The van der Waals surface area contributed by atoms with Crippen LogP contribution in [0.2, 0.25) is 0 Å². The molecular formula is C21H25N3O3. The number of nitrogens with one attached hydrogen (secondary N) is 1. The summed E-state index contributed by atoms with van der Waals surface area (Å²) >= 11 is 0. The van der Waals surface area contributed by atoms with Crippen LogP contribution in [-0.4, -0.2) is 60.2 Å². The normalized spacial score (nSPS) is 14.7. The molecule has 0 atom stereocenters. The largest absolute Gasteiger partial charge is 0.352 e. The molecule has 1 aliphatic rings. The molecule has 3 rings (SSSR count). The lowest BCUT2D eigenvalue weighted by atomic mass is 10.1. The Bertz CT molecular complexity index is 849. The van der Waals surface area contributed by atoms with E-state index in [1.54, 1.807) is 22.8 Å². The number of nitrogens with zero attached hydrogens (tertiary/aromatic N) is 2. The highest BCUT2D eigenvalue weighted by Gasteiger charge is 2.20. The summed E-state index contributed by atoms with van der Waals surface area (Å²) in [4.78, 5) is 39.8. The molecule has 142 valence electrons. The van der Waals surface area contributed by atoms with Crippen LogP contribution in [0.1, 0.15) is 30.1 Å². The Balaban J connectivity index is 1.49. The smallest absolute Gasteiger partial charge is 0.251 e. The summed E-state index contributed by atoms with van der Waals surface area (Å²) in [6, 6.07) is 13.5. The summed E-state index contributed by atoms with van der Waals surface area (Å²) in [5.74, 6) is -0.113. The second-order valence-corrected chi connectivity index (χ2v) is 6.81. The van der Waals surface area contributed by atoms with Crippen LogP contribution in [-0.2, 0) is 9.59 Å². The highest BCUT2D eigenvalue weighted by Crippen LogP contribution is 2.15. The molecule has 6 nitrogen and oxygen atoms in total. The van der Waals surface area contributed by atoms with Crippen LogP contribution in [0.25, 0.3) is 10.8 Å². The molecule has 0 bridgehead atoms. The first kappa shape index (κ1) is 18.9. The van der Waals surface area contributed by atoms with Crippen LogP contribution in [0.3, 0.4) is 0 Å². The van der Waals surface area contributed by atoms with Crippen molar-refractivity contribution in [2.45, 2.75) is 19.8 Å². The maximum absolute atomic E-state index is 12.4. The van der Waals surface area contributed by atoms with Gasteiger partial charge in [-0.15, -0.1) is 0 Å². The summed E-state index contributed by atoms with van der Waals surface area (Å²) in [6.07, 6.45) is 1.05. The van der Waals surface area contributed by atoms with Crippen molar-refractivity contribution < 1.29 is 14.4 Å². The average Bonchev–Trinajstić information content (AvgIpc) is 2.94. The van der Waals surface area contributed by atoms with Gasteiger partial charge in [0.2, 0.25) is 11.8 Å². The van der Waals surface area contributed by atoms with Crippen molar-refractivity contribution in [1.82, 2.24) is 15.1 Å². The van der Waals surface area contributed by atoms with Gasteiger partial charge in [0.05, 0.1) is 0 Å². The third-order valence-electron chi connectivity index (χ3n) is 4.93. The van der Waals surface area contributed by atoms with E-state index in [4.69, 9.17) is 0 Å². The number of hydrogen-bond acceptors (Lipinski definition) is 3. The second-order valence-electron chi connectivity index (χ2n) is 6.81. The maximum Gasteiger partial charge on any atom is 0.251 e. The van der Waals surface area contributed by atoms with E-state index in [1.807, 2.05) is 36.4 Å². The Morgan fingerprint density at radius 2 is 1.63 bits per heavy atom. The molecule has 0 radical (unpaired) electrons. The lowest BCUT2D eigenvalue weighted by Gasteiger charge is -2.21. The molecule has 1 heterocycles. The van der Waals surface area contributed by atoms with Gasteiger partial charge in [0.25, 0.3) is 5.91 Å². The molecule has 27 heavy (non-hydrogen) atoms. The minimum absolute atomic E-state index is 0.0132. The van der Waals surface area contributed by atoms with Gasteiger partial charge in [0.15, 0.2) is 0 Å². The highest BCUT2D eigenvalue weighted by atomic mass is 16.2. The van der Waals surface area contributed by atoms with E-state index in [1.165, 1.54) is 0 Å². The first-order valence-electron chi connectivity index (χ1n) is 9.35. The van der Waals surface area contributed by atoms with E-state index in [-0.39, 0.29) is 24.1 Å². The van der Waals surface area contributed by atoms with Crippen molar-refractivity contribution in [1.29, 1.82) is 0 Å².